The van der Waals surface area contributed by atoms with Gasteiger partial charge in [0.2, 0.25) is 0 Å². The van der Waals surface area contributed by atoms with Gasteiger partial charge in [0.15, 0.2) is 0 Å². The standard InChI is InChI=1S/C17H14N2O/c1-20-16-9-5-3-7-14(16)17-13(10-11-18)12-6-2-4-8-15(12)19-17/h2-9,19H,10H2,1H3. The predicted molar refractivity (Wildman–Crippen MR) is 79.6 cm³/mol. The number of nitrogens with zero attached hydrogens (tertiary/aromatic N) is 1. The maximum atomic E-state index is 9.10. The molecule has 0 aliphatic rings. The number of H-pyrrole nitrogens is 1. The van der Waals surface area contributed by atoms with E-state index in [2.05, 4.69) is 11.1 Å². The van der Waals surface area contributed by atoms with Crippen molar-refractivity contribution in [2.75, 3.05) is 7.11 Å². The zero-order chi connectivity index (χ0) is 13.9. The van der Waals surface area contributed by atoms with Crippen LogP contribution in [0, 0.1) is 11.3 Å². The number of nitriles is 1. The molecule has 98 valence electrons. The fraction of sp³-hybridized carbons (Fsp3) is 0.118. The van der Waals surface area contributed by atoms with Crippen molar-refractivity contribution in [3.8, 4) is 23.1 Å². The summed E-state index contributed by atoms with van der Waals surface area (Å²) in [7, 11) is 1.66. The van der Waals surface area contributed by atoms with Gasteiger partial charge in [0.05, 0.1) is 25.3 Å². The molecule has 3 rings (SSSR count). The van der Waals surface area contributed by atoms with Gasteiger partial charge >= 0.3 is 0 Å². The number of para-hydroxylation sites is 2. The smallest absolute Gasteiger partial charge is 0.128 e. The second kappa shape index (κ2) is 5.10. The number of methoxy groups -OCH3 is 1. The van der Waals surface area contributed by atoms with Crippen LogP contribution in [0.3, 0.4) is 0 Å². The molecule has 2 aromatic carbocycles. The molecule has 0 radical (unpaired) electrons. The van der Waals surface area contributed by atoms with E-state index in [1.165, 1.54) is 0 Å². The minimum Gasteiger partial charge on any atom is -0.496 e. The fourth-order valence-electron chi connectivity index (χ4n) is 2.54. The van der Waals surface area contributed by atoms with Crippen molar-refractivity contribution >= 4 is 10.9 Å². The van der Waals surface area contributed by atoms with Crippen LogP contribution in [0.25, 0.3) is 22.2 Å². The van der Waals surface area contributed by atoms with Crippen LogP contribution in [0.5, 0.6) is 5.75 Å². The van der Waals surface area contributed by atoms with E-state index in [0.717, 1.165) is 33.5 Å². The highest BCUT2D eigenvalue weighted by molar-refractivity contribution is 5.92. The van der Waals surface area contributed by atoms with Crippen LogP contribution >= 0.6 is 0 Å². The van der Waals surface area contributed by atoms with E-state index >= 15 is 0 Å². The highest BCUT2D eigenvalue weighted by Crippen LogP contribution is 2.35. The topological polar surface area (TPSA) is 48.8 Å². The summed E-state index contributed by atoms with van der Waals surface area (Å²) in [5, 5.41) is 10.2. The van der Waals surface area contributed by atoms with Crippen molar-refractivity contribution in [3.63, 3.8) is 0 Å². The lowest BCUT2D eigenvalue weighted by Gasteiger charge is -2.08. The molecule has 0 aliphatic heterocycles. The van der Waals surface area contributed by atoms with Gasteiger partial charge in [0.1, 0.15) is 5.75 Å². The summed E-state index contributed by atoms with van der Waals surface area (Å²) in [6, 6.07) is 18.1. The first kappa shape index (κ1) is 12.3. The third-order valence-electron chi connectivity index (χ3n) is 3.45. The van der Waals surface area contributed by atoms with Crippen LogP contribution in [0.1, 0.15) is 5.56 Å². The first-order valence-corrected chi connectivity index (χ1v) is 6.45. The maximum Gasteiger partial charge on any atom is 0.128 e. The van der Waals surface area contributed by atoms with E-state index in [1.54, 1.807) is 7.11 Å². The summed E-state index contributed by atoms with van der Waals surface area (Å²) in [5.74, 6) is 0.804. The number of fused-ring (bicyclic) bond motifs is 1. The molecule has 0 fully saturated rings. The molecule has 1 aromatic heterocycles. The first-order chi connectivity index (χ1) is 9.85. The Morgan fingerprint density at radius 1 is 1.10 bits per heavy atom. The molecule has 3 aromatic rings. The van der Waals surface area contributed by atoms with Crippen molar-refractivity contribution < 1.29 is 4.74 Å². The fourth-order valence-corrected chi connectivity index (χ4v) is 2.54. The van der Waals surface area contributed by atoms with E-state index < -0.39 is 0 Å². The Morgan fingerprint density at radius 3 is 2.65 bits per heavy atom. The molecular weight excluding hydrogens is 248 g/mol. The molecule has 0 amide bonds. The number of benzene rings is 2. The molecule has 0 saturated carbocycles. The summed E-state index contributed by atoms with van der Waals surface area (Å²) in [6.07, 6.45) is 0.372. The normalized spacial score (nSPS) is 10.4. The van der Waals surface area contributed by atoms with Crippen LogP contribution in [0.15, 0.2) is 48.5 Å². The van der Waals surface area contributed by atoms with E-state index in [-0.39, 0.29) is 0 Å². The summed E-state index contributed by atoms with van der Waals surface area (Å²) < 4.78 is 5.43. The molecule has 3 heteroatoms. The van der Waals surface area contributed by atoms with Crippen molar-refractivity contribution in [3.05, 3.63) is 54.1 Å². The van der Waals surface area contributed by atoms with E-state index in [1.807, 2.05) is 48.5 Å². The Morgan fingerprint density at radius 2 is 1.85 bits per heavy atom. The van der Waals surface area contributed by atoms with Crippen LogP contribution in [-0.2, 0) is 6.42 Å². The second-order valence-corrected chi connectivity index (χ2v) is 4.56. The van der Waals surface area contributed by atoms with Crippen LogP contribution in [0.4, 0.5) is 0 Å². The van der Waals surface area contributed by atoms with Gasteiger partial charge in [-0.2, -0.15) is 5.26 Å². The minimum absolute atomic E-state index is 0.372. The van der Waals surface area contributed by atoms with Gasteiger partial charge in [-0.15, -0.1) is 0 Å². The first-order valence-electron chi connectivity index (χ1n) is 6.45. The van der Waals surface area contributed by atoms with Crippen molar-refractivity contribution in [1.29, 1.82) is 5.26 Å². The molecule has 20 heavy (non-hydrogen) atoms. The molecule has 0 spiro atoms. The molecule has 0 bridgehead atoms. The average Bonchev–Trinajstić information content (AvgIpc) is 2.86. The van der Waals surface area contributed by atoms with Crippen LogP contribution < -0.4 is 4.74 Å². The Bertz CT molecular complexity index is 796. The number of rotatable bonds is 3. The number of hydrogen-bond acceptors (Lipinski definition) is 2. The molecule has 0 atom stereocenters. The average molecular weight is 262 g/mol. The van der Waals surface area contributed by atoms with Gasteiger partial charge < -0.3 is 9.72 Å². The SMILES string of the molecule is COc1ccccc1-c1[nH]c2ccccc2c1CC#N. The summed E-state index contributed by atoms with van der Waals surface area (Å²) >= 11 is 0. The highest BCUT2D eigenvalue weighted by Gasteiger charge is 2.15. The van der Waals surface area contributed by atoms with Gasteiger partial charge in [-0.25, -0.2) is 0 Å². The Labute approximate surface area is 117 Å². The summed E-state index contributed by atoms with van der Waals surface area (Å²) in [6.45, 7) is 0. The lowest BCUT2D eigenvalue weighted by Crippen LogP contribution is -1.90. The summed E-state index contributed by atoms with van der Waals surface area (Å²) in [5.41, 5.74) is 4.01. The third-order valence-corrected chi connectivity index (χ3v) is 3.45. The lowest BCUT2D eigenvalue weighted by molar-refractivity contribution is 0.416. The maximum absolute atomic E-state index is 9.10. The monoisotopic (exact) mass is 262 g/mol. The Kier molecular flexibility index (Phi) is 3.14. The lowest BCUT2D eigenvalue weighted by atomic mass is 10.0. The van der Waals surface area contributed by atoms with Gasteiger partial charge in [-0.1, -0.05) is 30.3 Å². The van der Waals surface area contributed by atoms with Gasteiger partial charge in [0.25, 0.3) is 0 Å². The van der Waals surface area contributed by atoms with E-state index in [0.29, 0.717) is 6.42 Å². The largest absolute Gasteiger partial charge is 0.496 e. The van der Waals surface area contributed by atoms with Gasteiger partial charge in [-0.05, 0) is 23.8 Å². The third kappa shape index (κ3) is 1.92. The predicted octanol–water partition coefficient (Wildman–Crippen LogP) is 3.91. The van der Waals surface area contributed by atoms with Crippen LogP contribution in [-0.4, -0.2) is 12.1 Å². The molecule has 1 N–H and O–H groups in total. The van der Waals surface area contributed by atoms with Crippen molar-refractivity contribution in [1.82, 2.24) is 4.98 Å². The van der Waals surface area contributed by atoms with Crippen molar-refractivity contribution in [2.24, 2.45) is 0 Å². The molecule has 0 unspecified atom stereocenters. The number of aromatic nitrogens is 1. The minimum atomic E-state index is 0.372. The molecule has 0 saturated heterocycles. The summed E-state index contributed by atoms with van der Waals surface area (Å²) in [4.78, 5) is 3.41. The zero-order valence-electron chi connectivity index (χ0n) is 11.2. The van der Waals surface area contributed by atoms with E-state index in [4.69, 9.17) is 10.00 Å². The number of nitrogens with one attached hydrogen (secondary N) is 1. The molecule has 3 nitrogen and oxygen atoms in total. The van der Waals surface area contributed by atoms with E-state index in [9.17, 15) is 0 Å². The Balaban J connectivity index is 2.30. The van der Waals surface area contributed by atoms with Crippen LogP contribution in [0.2, 0.25) is 0 Å². The Hall–Kier alpha value is -2.73. The number of aromatic amines is 1. The molecule has 1 heterocycles. The zero-order valence-corrected chi connectivity index (χ0v) is 11.2. The molecular formula is C17H14N2O. The second-order valence-electron chi connectivity index (χ2n) is 4.56. The quantitative estimate of drug-likeness (QED) is 0.778. The number of ether oxygens (including phenoxy) is 1. The van der Waals surface area contributed by atoms with Gasteiger partial charge in [-0.3, -0.25) is 0 Å². The number of hydrogen-bond donors (Lipinski definition) is 1. The van der Waals surface area contributed by atoms with Crippen molar-refractivity contribution in [2.45, 2.75) is 6.42 Å². The molecule has 0 aliphatic carbocycles. The van der Waals surface area contributed by atoms with Gasteiger partial charge in [0, 0.05) is 16.5 Å². The highest BCUT2D eigenvalue weighted by atomic mass is 16.5.